The highest BCUT2D eigenvalue weighted by Gasteiger charge is 2.59. The highest BCUT2D eigenvalue weighted by Crippen LogP contribution is 2.46. The van der Waals surface area contributed by atoms with Crippen molar-refractivity contribution < 1.29 is 22.0 Å². The lowest BCUT2D eigenvalue weighted by molar-refractivity contribution is -0.288. The predicted molar refractivity (Wildman–Crippen MR) is 50.6 cm³/mol. The maximum Gasteiger partial charge on any atom is 0.458 e. The van der Waals surface area contributed by atoms with Gasteiger partial charge in [0.15, 0.2) is 0 Å². The van der Waals surface area contributed by atoms with Crippen LogP contribution in [0.25, 0.3) is 10.1 Å². The summed E-state index contributed by atoms with van der Waals surface area (Å²) < 4.78 is 63.2. The van der Waals surface area contributed by atoms with E-state index in [9.17, 15) is 22.0 Å². The standard InChI is InChI=1S/C10H4F5S/c11-9(12,10(13,14)15)7-2-1-3-8-6(7)4-5-16-8/h1-3,5H. The molecule has 0 bridgehead atoms. The molecule has 0 aliphatic heterocycles. The normalized spacial score (nSPS) is 13.3. The average molecular weight is 251 g/mol. The summed E-state index contributed by atoms with van der Waals surface area (Å²) in [5.74, 6) is -4.84. The van der Waals surface area contributed by atoms with Gasteiger partial charge in [0.05, 0.1) is 0 Å². The minimum atomic E-state index is -5.59. The minimum Gasteiger partial charge on any atom is -0.191 e. The van der Waals surface area contributed by atoms with Crippen molar-refractivity contribution in [2.45, 2.75) is 12.1 Å². The van der Waals surface area contributed by atoms with Gasteiger partial charge in [-0.05, 0) is 11.4 Å². The molecule has 1 aromatic carbocycles. The van der Waals surface area contributed by atoms with E-state index in [1.54, 1.807) is 0 Å². The first kappa shape index (κ1) is 11.3. The second kappa shape index (κ2) is 3.41. The number of halogens is 5. The Morgan fingerprint density at radius 1 is 1.06 bits per heavy atom. The third-order valence-electron chi connectivity index (χ3n) is 2.11. The van der Waals surface area contributed by atoms with Gasteiger partial charge in [0.2, 0.25) is 0 Å². The fourth-order valence-corrected chi connectivity index (χ4v) is 2.09. The molecule has 16 heavy (non-hydrogen) atoms. The van der Waals surface area contributed by atoms with E-state index in [4.69, 9.17) is 0 Å². The second-order valence-electron chi connectivity index (χ2n) is 3.13. The molecular weight excluding hydrogens is 247 g/mol. The van der Waals surface area contributed by atoms with Crippen LogP contribution in [0.3, 0.4) is 0 Å². The first-order chi connectivity index (χ1) is 7.34. The summed E-state index contributed by atoms with van der Waals surface area (Å²) in [4.78, 5) is 0. The van der Waals surface area contributed by atoms with Crippen molar-refractivity contribution in [3.63, 3.8) is 0 Å². The van der Waals surface area contributed by atoms with Crippen LogP contribution >= 0.6 is 11.3 Å². The van der Waals surface area contributed by atoms with Crippen molar-refractivity contribution in [3.05, 3.63) is 35.2 Å². The molecule has 0 saturated heterocycles. The summed E-state index contributed by atoms with van der Waals surface area (Å²) in [6.45, 7) is 0. The fourth-order valence-electron chi connectivity index (χ4n) is 1.34. The van der Waals surface area contributed by atoms with Gasteiger partial charge in [0, 0.05) is 21.7 Å². The number of hydrogen-bond donors (Lipinski definition) is 0. The summed E-state index contributed by atoms with van der Waals surface area (Å²) in [7, 11) is 0. The maximum atomic E-state index is 13.1. The lowest BCUT2D eigenvalue weighted by atomic mass is 10.0. The molecule has 0 fully saturated rings. The zero-order chi connectivity index (χ0) is 12.0. The first-order valence-corrected chi connectivity index (χ1v) is 5.05. The largest absolute Gasteiger partial charge is 0.458 e. The van der Waals surface area contributed by atoms with Crippen LogP contribution in [0.5, 0.6) is 0 Å². The molecule has 0 aliphatic rings. The van der Waals surface area contributed by atoms with Crippen LogP contribution in [0.15, 0.2) is 23.6 Å². The van der Waals surface area contributed by atoms with E-state index in [0.717, 1.165) is 17.4 Å². The van der Waals surface area contributed by atoms with Crippen molar-refractivity contribution in [1.29, 1.82) is 0 Å². The van der Waals surface area contributed by atoms with Crippen LogP contribution in [-0.2, 0) is 5.92 Å². The van der Waals surface area contributed by atoms with Gasteiger partial charge in [-0.25, -0.2) is 0 Å². The van der Waals surface area contributed by atoms with Gasteiger partial charge in [-0.1, -0.05) is 12.1 Å². The van der Waals surface area contributed by atoms with Gasteiger partial charge >= 0.3 is 12.1 Å². The lowest BCUT2D eigenvalue weighted by Crippen LogP contribution is -2.33. The van der Waals surface area contributed by atoms with E-state index in [1.165, 1.54) is 17.5 Å². The Kier molecular flexibility index (Phi) is 2.41. The molecule has 0 saturated carbocycles. The molecule has 0 nitrogen and oxygen atoms in total. The van der Waals surface area contributed by atoms with Crippen LogP contribution in [0, 0.1) is 6.07 Å². The smallest absolute Gasteiger partial charge is 0.191 e. The SMILES string of the molecule is FC(F)(F)C(F)(F)c1cccc2sc[c]c12. The molecule has 85 valence electrons. The third-order valence-corrected chi connectivity index (χ3v) is 2.94. The Hall–Kier alpha value is -1.17. The molecule has 0 aliphatic carbocycles. The molecule has 2 aromatic rings. The number of fused-ring (bicyclic) bond motifs is 1. The number of benzene rings is 1. The van der Waals surface area contributed by atoms with E-state index in [2.05, 4.69) is 6.07 Å². The van der Waals surface area contributed by atoms with Crippen LogP contribution in [-0.4, -0.2) is 6.18 Å². The Morgan fingerprint density at radius 2 is 1.75 bits per heavy atom. The van der Waals surface area contributed by atoms with Gasteiger partial charge in [0.1, 0.15) is 0 Å². The molecule has 0 N–H and O–H groups in total. The highest BCUT2D eigenvalue weighted by molar-refractivity contribution is 7.17. The molecule has 0 spiro atoms. The lowest BCUT2D eigenvalue weighted by Gasteiger charge is -2.20. The average Bonchev–Trinajstić information content (AvgIpc) is 2.62. The van der Waals surface area contributed by atoms with Crippen molar-refractivity contribution >= 4 is 21.4 Å². The predicted octanol–water partition coefficient (Wildman–Crippen LogP) is 4.36. The number of rotatable bonds is 1. The van der Waals surface area contributed by atoms with Gasteiger partial charge in [-0.2, -0.15) is 22.0 Å². The summed E-state index contributed by atoms with van der Waals surface area (Å²) in [6.07, 6.45) is -5.59. The van der Waals surface area contributed by atoms with E-state index < -0.39 is 17.7 Å². The first-order valence-electron chi connectivity index (χ1n) is 4.17. The Balaban J connectivity index is 2.68. The van der Waals surface area contributed by atoms with Gasteiger partial charge in [0.25, 0.3) is 0 Å². The number of hydrogen-bond acceptors (Lipinski definition) is 1. The van der Waals surface area contributed by atoms with E-state index in [-0.39, 0.29) is 5.39 Å². The zero-order valence-electron chi connectivity index (χ0n) is 7.61. The van der Waals surface area contributed by atoms with E-state index in [1.807, 2.05) is 0 Å². The Bertz CT molecular complexity index is 511. The van der Waals surface area contributed by atoms with Gasteiger partial charge in [-0.15, -0.1) is 11.3 Å². The minimum absolute atomic E-state index is 0.171. The molecule has 0 unspecified atom stereocenters. The maximum absolute atomic E-state index is 13.1. The summed E-state index contributed by atoms with van der Waals surface area (Å²) in [6, 6.07) is 5.84. The van der Waals surface area contributed by atoms with Crippen molar-refractivity contribution in [3.8, 4) is 0 Å². The third kappa shape index (κ3) is 1.57. The monoisotopic (exact) mass is 251 g/mol. The van der Waals surface area contributed by atoms with Crippen molar-refractivity contribution in [1.82, 2.24) is 0 Å². The molecule has 2 rings (SSSR count). The molecular formula is C10H4F5S. The van der Waals surface area contributed by atoms with Crippen molar-refractivity contribution in [2.75, 3.05) is 0 Å². The summed E-state index contributed by atoms with van der Waals surface area (Å²) >= 11 is 1.07. The molecule has 0 amide bonds. The van der Waals surface area contributed by atoms with Crippen LogP contribution < -0.4 is 0 Å². The van der Waals surface area contributed by atoms with Gasteiger partial charge < -0.3 is 0 Å². The Labute approximate surface area is 91.3 Å². The number of alkyl halides is 5. The quantitative estimate of drug-likeness (QED) is 0.661. The van der Waals surface area contributed by atoms with Crippen LogP contribution in [0.2, 0.25) is 0 Å². The molecule has 1 radical (unpaired) electrons. The highest BCUT2D eigenvalue weighted by atomic mass is 32.1. The summed E-state index contributed by atoms with van der Waals surface area (Å²) in [5.41, 5.74) is -1.04. The molecule has 6 heteroatoms. The topological polar surface area (TPSA) is 0 Å². The number of thiophene rings is 1. The van der Waals surface area contributed by atoms with E-state index >= 15 is 0 Å². The van der Waals surface area contributed by atoms with E-state index in [0.29, 0.717) is 4.70 Å². The van der Waals surface area contributed by atoms with Gasteiger partial charge in [-0.3, -0.25) is 0 Å². The molecule has 0 atom stereocenters. The van der Waals surface area contributed by atoms with Crippen molar-refractivity contribution in [2.24, 2.45) is 0 Å². The summed E-state index contributed by atoms with van der Waals surface area (Å²) in [5, 5.41) is 1.19. The van der Waals surface area contributed by atoms with Crippen LogP contribution in [0.4, 0.5) is 22.0 Å². The second-order valence-corrected chi connectivity index (χ2v) is 4.04. The Morgan fingerprint density at radius 3 is 2.38 bits per heavy atom. The van der Waals surface area contributed by atoms with Crippen LogP contribution in [0.1, 0.15) is 5.56 Å². The molecule has 1 aromatic heterocycles. The fraction of sp³-hybridized carbons (Fsp3) is 0.200. The molecule has 1 heterocycles. The zero-order valence-corrected chi connectivity index (χ0v) is 8.42.